The number of aliphatic hydroxyl groups is 2. The first kappa shape index (κ1) is 14.0. The third-order valence-corrected chi connectivity index (χ3v) is 7.54. The van der Waals surface area contributed by atoms with Crippen molar-refractivity contribution in [1.82, 2.24) is 0 Å². The van der Waals surface area contributed by atoms with Gasteiger partial charge in [0, 0.05) is 5.16 Å². The quantitative estimate of drug-likeness (QED) is 0.526. The summed E-state index contributed by atoms with van der Waals surface area (Å²) in [5.74, 6) is 1.38. The van der Waals surface area contributed by atoms with Crippen LogP contribution in [0.25, 0.3) is 0 Å². The molecule has 2 saturated carbocycles. The molecular weight excluding hydrogens is 279 g/mol. The molecule has 3 unspecified atom stereocenters. The van der Waals surface area contributed by atoms with Gasteiger partial charge in [0.15, 0.2) is 0 Å². The van der Waals surface area contributed by atoms with E-state index in [0.717, 1.165) is 25.7 Å². The maximum absolute atomic E-state index is 10.2. The second-order valence-corrected chi connectivity index (χ2v) is 8.83. The summed E-state index contributed by atoms with van der Waals surface area (Å²) in [6, 6.07) is 0. The fourth-order valence-electron chi connectivity index (χ4n) is 5.46. The van der Waals surface area contributed by atoms with Crippen LogP contribution in [0, 0.1) is 17.3 Å². The largest absolute Gasteiger partial charge is 0.508 e. The molecular formula is C18H25O2P. The Morgan fingerprint density at radius 1 is 1.29 bits per heavy atom. The Kier molecular flexibility index (Phi) is 2.98. The lowest BCUT2D eigenvalue weighted by Crippen LogP contribution is -2.46. The zero-order valence-corrected chi connectivity index (χ0v) is 13.8. The standard InChI is InChI=1S/C18H25O2P/c1-17-6-7-18(21)14-5-3-12(19)8-11(14)2-4-15(18)16(17)9-13(20)10-17/h3,5,8,11,13-14,19-20H,2,4,6-7,9-10,21H2,1H3/t11?,13-,14?,17-,18+/m1/s1. The van der Waals surface area contributed by atoms with Gasteiger partial charge in [0.1, 0.15) is 5.76 Å². The van der Waals surface area contributed by atoms with Crippen molar-refractivity contribution in [3.05, 3.63) is 35.1 Å². The number of fused-ring (bicyclic) bond motifs is 4. The van der Waals surface area contributed by atoms with Crippen molar-refractivity contribution in [2.24, 2.45) is 17.3 Å². The predicted octanol–water partition coefficient (Wildman–Crippen LogP) is 3.89. The fourth-order valence-corrected chi connectivity index (χ4v) is 6.28. The first-order valence-corrected chi connectivity index (χ1v) is 8.79. The van der Waals surface area contributed by atoms with Crippen molar-refractivity contribution in [3.8, 4) is 0 Å². The van der Waals surface area contributed by atoms with E-state index in [4.69, 9.17) is 0 Å². The molecule has 0 saturated heterocycles. The van der Waals surface area contributed by atoms with Crippen LogP contribution >= 0.6 is 9.24 Å². The molecule has 0 aromatic rings. The summed E-state index contributed by atoms with van der Waals surface area (Å²) in [7, 11) is 3.18. The van der Waals surface area contributed by atoms with Crippen LogP contribution in [0.4, 0.5) is 0 Å². The van der Waals surface area contributed by atoms with Crippen molar-refractivity contribution >= 4 is 9.24 Å². The Morgan fingerprint density at radius 2 is 2.10 bits per heavy atom. The third kappa shape index (κ3) is 1.92. The van der Waals surface area contributed by atoms with Crippen molar-refractivity contribution in [1.29, 1.82) is 0 Å². The molecule has 2 nitrogen and oxygen atoms in total. The Bertz CT molecular complexity index is 576. The number of aliphatic hydroxyl groups excluding tert-OH is 2. The minimum absolute atomic E-state index is 0.145. The van der Waals surface area contributed by atoms with Gasteiger partial charge in [-0.2, -0.15) is 0 Å². The van der Waals surface area contributed by atoms with Gasteiger partial charge in [0.2, 0.25) is 0 Å². The Labute approximate surface area is 129 Å². The van der Waals surface area contributed by atoms with E-state index < -0.39 is 0 Å². The van der Waals surface area contributed by atoms with Crippen LogP contribution in [0.2, 0.25) is 0 Å². The van der Waals surface area contributed by atoms with Gasteiger partial charge in [0.05, 0.1) is 6.10 Å². The average Bonchev–Trinajstić information content (AvgIpc) is 2.73. The summed E-state index contributed by atoms with van der Waals surface area (Å²) < 4.78 is 0. The van der Waals surface area contributed by atoms with Crippen LogP contribution in [-0.4, -0.2) is 21.5 Å². The molecule has 0 aliphatic heterocycles. The van der Waals surface area contributed by atoms with Crippen molar-refractivity contribution < 1.29 is 10.2 Å². The van der Waals surface area contributed by atoms with Crippen LogP contribution in [0.1, 0.15) is 45.4 Å². The van der Waals surface area contributed by atoms with E-state index in [2.05, 4.69) is 28.3 Å². The minimum atomic E-state index is -0.145. The normalized spacial score (nSPS) is 48.5. The molecule has 2 N–H and O–H groups in total. The van der Waals surface area contributed by atoms with Gasteiger partial charge in [-0.15, -0.1) is 9.24 Å². The van der Waals surface area contributed by atoms with Gasteiger partial charge in [-0.1, -0.05) is 24.1 Å². The summed E-state index contributed by atoms with van der Waals surface area (Å²) in [6.45, 7) is 2.35. The lowest BCUT2D eigenvalue weighted by Gasteiger charge is -2.53. The van der Waals surface area contributed by atoms with E-state index in [0.29, 0.717) is 17.6 Å². The zero-order valence-electron chi connectivity index (χ0n) is 12.7. The Balaban J connectivity index is 1.79. The Hall–Kier alpha value is -0.590. The molecule has 2 fully saturated rings. The minimum Gasteiger partial charge on any atom is -0.508 e. The second-order valence-electron chi connectivity index (χ2n) is 7.80. The Morgan fingerprint density at radius 3 is 2.90 bits per heavy atom. The molecule has 0 aromatic carbocycles. The monoisotopic (exact) mass is 304 g/mol. The molecule has 6 atom stereocenters. The van der Waals surface area contributed by atoms with Crippen LogP contribution in [-0.2, 0) is 0 Å². The third-order valence-electron chi connectivity index (χ3n) is 6.51. The molecule has 4 rings (SSSR count). The van der Waals surface area contributed by atoms with Gasteiger partial charge >= 0.3 is 0 Å². The maximum atomic E-state index is 10.2. The van der Waals surface area contributed by atoms with Crippen LogP contribution in [0.3, 0.4) is 0 Å². The van der Waals surface area contributed by atoms with E-state index in [1.165, 1.54) is 12.8 Å². The van der Waals surface area contributed by atoms with Gasteiger partial charge in [0.25, 0.3) is 0 Å². The molecule has 4 aliphatic carbocycles. The maximum Gasteiger partial charge on any atom is 0.111 e. The van der Waals surface area contributed by atoms with Gasteiger partial charge in [-0.25, -0.2) is 0 Å². The fraction of sp³-hybridized carbons (Fsp3) is 0.667. The first-order chi connectivity index (χ1) is 9.92. The highest BCUT2D eigenvalue weighted by Gasteiger charge is 2.53. The van der Waals surface area contributed by atoms with E-state index >= 15 is 0 Å². The summed E-state index contributed by atoms with van der Waals surface area (Å²) in [5.41, 5.74) is 3.40. The van der Waals surface area contributed by atoms with E-state index in [1.807, 2.05) is 6.08 Å². The lowest BCUT2D eigenvalue weighted by molar-refractivity contribution is 0.155. The average molecular weight is 304 g/mol. The number of rotatable bonds is 0. The highest BCUT2D eigenvalue weighted by molar-refractivity contribution is 7.19. The first-order valence-electron chi connectivity index (χ1n) is 8.21. The molecule has 0 aromatic heterocycles. The smallest absolute Gasteiger partial charge is 0.111 e. The molecule has 0 heterocycles. The van der Waals surface area contributed by atoms with Crippen LogP contribution in [0.15, 0.2) is 35.1 Å². The van der Waals surface area contributed by atoms with E-state index in [-0.39, 0.29) is 16.7 Å². The number of hydrogen-bond acceptors (Lipinski definition) is 2. The molecule has 21 heavy (non-hydrogen) atoms. The number of allylic oxidation sites excluding steroid dienone is 4. The molecule has 4 aliphatic rings. The van der Waals surface area contributed by atoms with Gasteiger partial charge in [-0.3, -0.25) is 0 Å². The summed E-state index contributed by atoms with van der Waals surface area (Å²) in [4.78, 5) is 0. The van der Waals surface area contributed by atoms with Crippen molar-refractivity contribution in [2.75, 3.05) is 0 Å². The summed E-state index contributed by atoms with van der Waals surface area (Å²) in [6.07, 6.45) is 12.4. The van der Waals surface area contributed by atoms with Crippen LogP contribution in [0.5, 0.6) is 0 Å². The van der Waals surface area contributed by atoms with Crippen LogP contribution < -0.4 is 0 Å². The molecule has 0 amide bonds. The van der Waals surface area contributed by atoms with Crippen molar-refractivity contribution in [3.63, 3.8) is 0 Å². The highest BCUT2D eigenvalue weighted by Crippen LogP contribution is 2.62. The van der Waals surface area contributed by atoms with Crippen molar-refractivity contribution in [2.45, 2.75) is 56.7 Å². The van der Waals surface area contributed by atoms with E-state index in [1.54, 1.807) is 11.1 Å². The molecule has 3 heteroatoms. The molecule has 114 valence electrons. The SMILES string of the molecule is C[C@]12CC[C@@]3(P)C(=C1C[C@@H](O)C2)CCC1C=C(O)C=CC13. The molecule has 0 bridgehead atoms. The molecule has 0 radical (unpaired) electrons. The second kappa shape index (κ2) is 4.46. The predicted molar refractivity (Wildman–Crippen MR) is 88.1 cm³/mol. The summed E-state index contributed by atoms with van der Waals surface area (Å²) in [5, 5.41) is 20.1. The van der Waals surface area contributed by atoms with Gasteiger partial charge in [-0.05, 0) is 67.9 Å². The topological polar surface area (TPSA) is 40.5 Å². The molecule has 0 spiro atoms. The highest BCUT2D eigenvalue weighted by atomic mass is 31.0. The number of hydrogen-bond donors (Lipinski definition) is 2. The van der Waals surface area contributed by atoms with Gasteiger partial charge < -0.3 is 10.2 Å². The summed E-state index contributed by atoms with van der Waals surface area (Å²) >= 11 is 0. The zero-order chi connectivity index (χ0) is 14.8. The lowest BCUT2D eigenvalue weighted by atomic mass is 9.58. The van der Waals surface area contributed by atoms with E-state index in [9.17, 15) is 10.2 Å².